The van der Waals surface area contributed by atoms with Crippen molar-refractivity contribution < 1.29 is 33.3 Å². The Bertz CT molecular complexity index is 1290. The maximum Gasteiger partial charge on any atom is 0.269 e. The first kappa shape index (κ1) is 24.4. The number of benzene rings is 3. The lowest BCUT2D eigenvalue weighted by Crippen LogP contribution is -2.41. The molecule has 0 fully saturated rings. The lowest BCUT2D eigenvalue weighted by molar-refractivity contribution is 0.0846. The summed E-state index contributed by atoms with van der Waals surface area (Å²) < 4.78 is 21.6. The molecule has 36 heavy (non-hydrogen) atoms. The molecular weight excluding hydrogens is 466 g/mol. The molecule has 10 nitrogen and oxygen atoms in total. The van der Waals surface area contributed by atoms with Crippen LogP contribution in [0.15, 0.2) is 60.7 Å². The molecule has 3 aromatic carbocycles. The van der Waals surface area contributed by atoms with E-state index in [1.165, 1.54) is 6.07 Å². The quantitative estimate of drug-likeness (QED) is 0.412. The number of nitrogens with one attached hydrogen (secondary N) is 3. The standard InChI is InChI=1S/C26H25N3O7/c1-3-33-20-10-9-18(14-22(20)34-4-2)26(32)29-28-25(31)16-6-5-7-19(12-16)27-24(30)17-8-11-21-23(13-17)36-15-35-21/h5-14H,3-4,15H2,1-2H3,(H,27,30)(H,28,31)(H,29,32). The maximum absolute atomic E-state index is 12.6. The van der Waals surface area contributed by atoms with Gasteiger partial charge in [0, 0.05) is 22.4 Å². The summed E-state index contributed by atoms with van der Waals surface area (Å²) in [5, 5.41) is 2.74. The molecular formula is C26H25N3O7. The number of ether oxygens (including phenoxy) is 4. The van der Waals surface area contributed by atoms with Crippen molar-refractivity contribution in [3.8, 4) is 23.0 Å². The van der Waals surface area contributed by atoms with Gasteiger partial charge >= 0.3 is 0 Å². The Morgan fingerprint density at radius 2 is 1.36 bits per heavy atom. The van der Waals surface area contributed by atoms with E-state index in [-0.39, 0.29) is 23.8 Å². The van der Waals surface area contributed by atoms with Crippen LogP contribution in [0.25, 0.3) is 0 Å². The molecule has 0 spiro atoms. The fourth-order valence-electron chi connectivity index (χ4n) is 3.43. The summed E-state index contributed by atoms with van der Waals surface area (Å²) in [4.78, 5) is 37.8. The summed E-state index contributed by atoms with van der Waals surface area (Å²) in [6, 6.07) is 15.9. The van der Waals surface area contributed by atoms with Gasteiger partial charge in [0.15, 0.2) is 23.0 Å². The second kappa shape index (κ2) is 11.1. The van der Waals surface area contributed by atoms with Crippen molar-refractivity contribution in [3.63, 3.8) is 0 Å². The average Bonchev–Trinajstić information content (AvgIpc) is 3.36. The molecule has 0 unspecified atom stereocenters. The third kappa shape index (κ3) is 5.66. The summed E-state index contributed by atoms with van der Waals surface area (Å²) in [6.45, 7) is 4.65. The third-order valence-corrected chi connectivity index (χ3v) is 5.11. The molecule has 1 aliphatic rings. The minimum Gasteiger partial charge on any atom is -0.490 e. The van der Waals surface area contributed by atoms with Gasteiger partial charge in [0.25, 0.3) is 17.7 Å². The minimum absolute atomic E-state index is 0.111. The van der Waals surface area contributed by atoms with Crippen LogP contribution in [0, 0.1) is 0 Å². The second-order valence-corrected chi connectivity index (χ2v) is 7.54. The molecule has 3 aromatic rings. The first-order chi connectivity index (χ1) is 17.5. The normalized spacial score (nSPS) is 11.4. The van der Waals surface area contributed by atoms with Crippen molar-refractivity contribution in [3.05, 3.63) is 77.4 Å². The van der Waals surface area contributed by atoms with Gasteiger partial charge in [-0.25, -0.2) is 0 Å². The van der Waals surface area contributed by atoms with E-state index >= 15 is 0 Å². The highest BCUT2D eigenvalue weighted by molar-refractivity contribution is 6.05. The summed E-state index contributed by atoms with van der Waals surface area (Å²) in [7, 11) is 0. The average molecular weight is 492 g/mol. The number of rotatable bonds is 8. The topological polar surface area (TPSA) is 124 Å². The Kier molecular flexibility index (Phi) is 7.54. The van der Waals surface area contributed by atoms with Crippen molar-refractivity contribution >= 4 is 23.4 Å². The molecule has 0 saturated carbocycles. The number of hydrazine groups is 1. The number of amides is 3. The van der Waals surface area contributed by atoms with Crippen molar-refractivity contribution in [2.24, 2.45) is 0 Å². The zero-order valence-corrected chi connectivity index (χ0v) is 19.8. The first-order valence-electron chi connectivity index (χ1n) is 11.3. The van der Waals surface area contributed by atoms with E-state index in [9.17, 15) is 14.4 Å². The van der Waals surface area contributed by atoms with Crippen LogP contribution < -0.4 is 35.1 Å². The Morgan fingerprint density at radius 3 is 2.11 bits per heavy atom. The predicted octanol–water partition coefficient (Wildman–Crippen LogP) is 3.54. The van der Waals surface area contributed by atoms with Crippen LogP contribution in [0.1, 0.15) is 44.9 Å². The van der Waals surface area contributed by atoms with Gasteiger partial charge in [0.2, 0.25) is 6.79 Å². The number of anilines is 1. The van der Waals surface area contributed by atoms with Crippen LogP contribution in [0.2, 0.25) is 0 Å². The Hall–Kier alpha value is -4.73. The van der Waals surface area contributed by atoms with E-state index in [2.05, 4.69) is 16.2 Å². The molecule has 0 saturated heterocycles. The lowest BCUT2D eigenvalue weighted by atomic mass is 10.1. The first-order valence-corrected chi connectivity index (χ1v) is 11.3. The fraction of sp³-hybridized carbons (Fsp3) is 0.192. The van der Waals surface area contributed by atoms with E-state index in [0.29, 0.717) is 47.5 Å². The molecule has 4 rings (SSSR count). The van der Waals surface area contributed by atoms with E-state index in [4.69, 9.17) is 18.9 Å². The smallest absolute Gasteiger partial charge is 0.269 e. The highest BCUT2D eigenvalue weighted by Gasteiger charge is 2.17. The van der Waals surface area contributed by atoms with Gasteiger partial charge in [-0.1, -0.05) is 6.07 Å². The zero-order valence-electron chi connectivity index (χ0n) is 19.8. The molecule has 0 aromatic heterocycles. The zero-order chi connectivity index (χ0) is 25.5. The van der Waals surface area contributed by atoms with Gasteiger partial charge in [-0.3, -0.25) is 25.2 Å². The monoisotopic (exact) mass is 491 g/mol. The number of fused-ring (bicyclic) bond motifs is 1. The molecule has 0 atom stereocenters. The van der Waals surface area contributed by atoms with Crippen LogP contribution >= 0.6 is 0 Å². The molecule has 0 aliphatic carbocycles. The number of hydrogen-bond donors (Lipinski definition) is 3. The maximum atomic E-state index is 12.6. The number of hydrogen-bond acceptors (Lipinski definition) is 7. The van der Waals surface area contributed by atoms with E-state index in [1.807, 2.05) is 13.8 Å². The van der Waals surface area contributed by atoms with Crippen molar-refractivity contribution in [2.75, 3.05) is 25.3 Å². The highest BCUT2D eigenvalue weighted by atomic mass is 16.7. The molecule has 1 heterocycles. The van der Waals surface area contributed by atoms with E-state index in [1.54, 1.807) is 54.6 Å². The van der Waals surface area contributed by atoms with Crippen LogP contribution in [0.5, 0.6) is 23.0 Å². The SMILES string of the molecule is CCOc1ccc(C(=O)NNC(=O)c2cccc(NC(=O)c3ccc4c(c3)OCO4)c2)cc1OCC. The lowest BCUT2D eigenvalue weighted by Gasteiger charge is -2.13. The van der Waals surface area contributed by atoms with Crippen LogP contribution in [-0.2, 0) is 0 Å². The molecule has 3 amide bonds. The molecule has 0 radical (unpaired) electrons. The Labute approximate surface area is 207 Å². The largest absolute Gasteiger partial charge is 0.490 e. The highest BCUT2D eigenvalue weighted by Crippen LogP contribution is 2.32. The second-order valence-electron chi connectivity index (χ2n) is 7.54. The number of carbonyl (C=O) groups excluding carboxylic acids is 3. The Balaban J connectivity index is 1.37. The molecule has 186 valence electrons. The summed E-state index contributed by atoms with van der Waals surface area (Å²) in [6.07, 6.45) is 0. The van der Waals surface area contributed by atoms with Gasteiger partial charge in [-0.2, -0.15) is 0 Å². The van der Waals surface area contributed by atoms with E-state index < -0.39 is 11.8 Å². The summed E-state index contributed by atoms with van der Waals surface area (Å²) in [5.41, 5.74) is 6.06. The summed E-state index contributed by atoms with van der Waals surface area (Å²) >= 11 is 0. The van der Waals surface area contributed by atoms with Crippen molar-refractivity contribution in [2.45, 2.75) is 13.8 Å². The van der Waals surface area contributed by atoms with Gasteiger partial charge in [0.05, 0.1) is 13.2 Å². The third-order valence-electron chi connectivity index (χ3n) is 5.11. The van der Waals surface area contributed by atoms with Gasteiger partial charge < -0.3 is 24.3 Å². The molecule has 10 heteroatoms. The molecule has 1 aliphatic heterocycles. The number of carbonyl (C=O) groups is 3. The van der Waals surface area contributed by atoms with Crippen LogP contribution in [0.4, 0.5) is 5.69 Å². The van der Waals surface area contributed by atoms with Gasteiger partial charge in [0.1, 0.15) is 0 Å². The predicted molar refractivity (Wildman–Crippen MR) is 131 cm³/mol. The summed E-state index contributed by atoms with van der Waals surface area (Å²) in [5.74, 6) is 0.570. The van der Waals surface area contributed by atoms with Crippen molar-refractivity contribution in [1.29, 1.82) is 0 Å². The van der Waals surface area contributed by atoms with Crippen molar-refractivity contribution in [1.82, 2.24) is 10.9 Å². The van der Waals surface area contributed by atoms with Crippen LogP contribution in [-0.4, -0.2) is 37.7 Å². The Morgan fingerprint density at radius 1 is 0.722 bits per heavy atom. The fourth-order valence-corrected chi connectivity index (χ4v) is 3.43. The van der Waals surface area contributed by atoms with E-state index in [0.717, 1.165) is 0 Å². The minimum atomic E-state index is -0.557. The van der Waals surface area contributed by atoms with Gasteiger partial charge in [-0.15, -0.1) is 0 Å². The van der Waals surface area contributed by atoms with Crippen LogP contribution in [0.3, 0.4) is 0 Å². The molecule has 0 bridgehead atoms. The van der Waals surface area contributed by atoms with Gasteiger partial charge in [-0.05, 0) is 68.4 Å². The molecule has 3 N–H and O–H groups in total.